The number of nitrogens with zero attached hydrogens (tertiary/aromatic N) is 3. The summed E-state index contributed by atoms with van der Waals surface area (Å²) in [7, 11) is 0. The van der Waals surface area contributed by atoms with Crippen LogP contribution in [-0.4, -0.2) is 20.5 Å². The molecule has 4 saturated carbocycles. The van der Waals surface area contributed by atoms with E-state index in [9.17, 15) is 5.11 Å². The molecular formula is C30H45N3O. The third-order valence-electron chi connectivity index (χ3n) is 11.3. The minimum Gasteiger partial charge on any atom is -0.388 e. The number of nitriles is 1. The van der Waals surface area contributed by atoms with E-state index < -0.39 is 5.60 Å². The van der Waals surface area contributed by atoms with E-state index in [4.69, 9.17) is 5.26 Å². The van der Waals surface area contributed by atoms with Crippen LogP contribution in [0.4, 0.5) is 0 Å². The molecule has 1 N–H and O–H groups in total. The highest BCUT2D eigenvalue weighted by Crippen LogP contribution is 2.68. The Balaban J connectivity index is 1.34. The normalized spacial score (nSPS) is 43.1. The molecule has 5 rings (SSSR count). The van der Waals surface area contributed by atoms with Crippen molar-refractivity contribution in [3.05, 3.63) is 30.6 Å². The van der Waals surface area contributed by atoms with Crippen LogP contribution in [0.5, 0.6) is 0 Å². The molecule has 186 valence electrons. The number of hydrogen-bond acceptors (Lipinski definition) is 3. The Morgan fingerprint density at radius 3 is 2.65 bits per heavy atom. The van der Waals surface area contributed by atoms with Gasteiger partial charge in [0.2, 0.25) is 0 Å². The summed E-state index contributed by atoms with van der Waals surface area (Å²) in [5.74, 6) is 4.41. The lowest BCUT2D eigenvalue weighted by Crippen LogP contribution is -2.54. The van der Waals surface area contributed by atoms with Crippen LogP contribution in [0.1, 0.15) is 97.0 Å². The van der Waals surface area contributed by atoms with Crippen molar-refractivity contribution in [2.45, 2.75) is 104 Å². The summed E-state index contributed by atoms with van der Waals surface area (Å²) < 4.78 is 1.77. The lowest BCUT2D eigenvalue weighted by atomic mass is 9.44. The molecule has 9 atom stereocenters. The molecule has 4 aliphatic rings. The van der Waals surface area contributed by atoms with Crippen LogP contribution in [0.3, 0.4) is 0 Å². The third kappa shape index (κ3) is 3.78. The van der Waals surface area contributed by atoms with Crippen LogP contribution in [0, 0.1) is 57.7 Å². The molecule has 4 fully saturated rings. The first-order valence-corrected chi connectivity index (χ1v) is 14.0. The molecule has 2 unspecified atom stereocenters. The van der Waals surface area contributed by atoms with Crippen LogP contribution < -0.4 is 0 Å². The molecule has 0 amide bonds. The molecular weight excluding hydrogens is 418 g/mol. The molecule has 4 aliphatic carbocycles. The van der Waals surface area contributed by atoms with E-state index >= 15 is 0 Å². The van der Waals surface area contributed by atoms with Gasteiger partial charge in [-0.2, -0.15) is 10.4 Å². The van der Waals surface area contributed by atoms with E-state index in [0.29, 0.717) is 17.5 Å². The zero-order valence-electron chi connectivity index (χ0n) is 21.7. The van der Waals surface area contributed by atoms with Crippen molar-refractivity contribution in [1.82, 2.24) is 9.78 Å². The maximum absolute atomic E-state index is 11.7. The number of aliphatic hydroxyl groups is 1. The smallest absolute Gasteiger partial charge is 0.102 e. The third-order valence-corrected chi connectivity index (χ3v) is 11.3. The minimum atomic E-state index is -0.813. The maximum atomic E-state index is 11.7. The number of rotatable bonds is 6. The summed E-state index contributed by atoms with van der Waals surface area (Å²) >= 11 is 0. The second kappa shape index (κ2) is 8.81. The Morgan fingerprint density at radius 2 is 1.94 bits per heavy atom. The first-order chi connectivity index (χ1) is 16.3. The monoisotopic (exact) mass is 463 g/mol. The van der Waals surface area contributed by atoms with Crippen molar-refractivity contribution in [3.63, 3.8) is 0 Å². The molecule has 0 radical (unpaired) electrons. The van der Waals surface area contributed by atoms with E-state index in [0.717, 1.165) is 36.0 Å². The molecule has 0 bridgehead atoms. The van der Waals surface area contributed by atoms with Crippen LogP contribution >= 0.6 is 0 Å². The van der Waals surface area contributed by atoms with Gasteiger partial charge < -0.3 is 5.11 Å². The molecule has 34 heavy (non-hydrogen) atoms. The van der Waals surface area contributed by atoms with Crippen LogP contribution in [0.25, 0.3) is 0 Å². The van der Waals surface area contributed by atoms with Gasteiger partial charge in [-0.3, -0.25) is 4.68 Å². The van der Waals surface area contributed by atoms with Gasteiger partial charge in [-0.15, -0.1) is 6.58 Å². The predicted octanol–water partition coefficient (Wildman–Crippen LogP) is 6.75. The molecule has 0 saturated heterocycles. The molecule has 1 aromatic heterocycles. The zero-order valence-corrected chi connectivity index (χ0v) is 21.7. The van der Waals surface area contributed by atoms with Gasteiger partial charge in [-0.1, -0.05) is 39.2 Å². The second-order valence-corrected chi connectivity index (χ2v) is 13.0. The van der Waals surface area contributed by atoms with Crippen molar-refractivity contribution in [1.29, 1.82) is 5.26 Å². The van der Waals surface area contributed by atoms with Gasteiger partial charge in [0, 0.05) is 6.20 Å². The summed E-state index contributed by atoms with van der Waals surface area (Å²) in [5.41, 5.74) is 0.333. The van der Waals surface area contributed by atoms with Gasteiger partial charge in [-0.05, 0) is 105 Å². The lowest BCUT2D eigenvalue weighted by molar-refractivity contribution is -0.126. The number of aromatic nitrogens is 2. The van der Waals surface area contributed by atoms with Gasteiger partial charge >= 0.3 is 0 Å². The standard InChI is InChI=1S/C30H45N3O/c1-5-7-21-8-9-26-24-12-14-28(3)25(23(24)13-15-30(26,6-2)16-21)10-11-27(28)29(4,34)20-33-19-22(17-31)18-32-33/h6,18-19,21,23-27,34H,2,5,7-16,20H2,1,3-4H3/t21-,23+,24?,25?,26+,27-,28-,29+,30+/m0/s1. The maximum Gasteiger partial charge on any atom is 0.102 e. The van der Waals surface area contributed by atoms with E-state index in [-0.39, 0.29) is 11.3 Å². The average molecular weight is 464 g/mol. The van der Waals surface area contributed by atoms with Crippen LogP contribution in [0.15, 0.2) is 25.0 Å². The zero-order chi connectivity index (χ0) is 24.1. The van der Waals surface area contributed by atoms with Crippen LogP contribution in [0.2, 0.25) is 0 Å². The molecule has 4 nitrogen and oxygen atoms in total. The predicted molar refractivity (Wildman–Crippen MR) is 136 cm³/mol. The van der Waals surface area contributed by atoms with E-state index in [1.807, 2.05) is 6.92 Å². The van der Waals surface area contributed by atoms with Crippen molar-refractivity contribution in [2.24, 2.45) is 46.3 Å². The summed E-state index contributed by atoms with van der Waals surface area (Å²) in [5, 5.41) is 25.2. The highest BCUT2D eigenvalue weighted by atomic mass is 16.3. The van der Waals surface area contributed by atoms with Crippen molar-refractivity contribution in [3.8, 4) is 6.07 Å². The van der Waals surface area contributed by atoms with Crippen molar-refractivity contribution in [2.75, 3.05) is 0 Å². The number of allylic oxidation sites excluding steroid dienone is 1. The summed E-state index contributed by atoms with van der Waals surface area (Å²) in [6.45, 7) is 11.7. The van der Waals surface area contributed by atoms with Crippen molar-refractivity contribution >= 4 is 0 Å². The molecule has 0 spiro atoms. The largest absolute Gasteiger partial charge is 0.388 e. The first-order valence-electron chi connectivity index (χ1n) is 14.0. The van der Waals surface area contributed by atoms with Crippen LogP contribution in [-0.2, 0) is 6.54 Å². The van der Waals surface area contributed by atoms with E-state index in [1.54, 1.807) is 17.1 Å². The molecule has 1 aromatic rings. The fourth-order valence-corrected chi connectivity index (χ4v) is 10.0. The Kier molecular flexibility index (Phi) is 6.25. The van der Waals surface area contributed by atoms with Gasteiger partial charge in [0.15, 0.2) is 0 Å². The first kappa shape index (κ1) is 24.1. The lowest BCUT2D eigenvalue weighted by Gasteiger charge is -2.60. The van der Waals surface area contributed by atoms with Gasteiger partial charge in [-0.25, -0.2) is 0 Å². The molecule has 0 aromatic carbocycles. The SMILES string of the molecule is C=C[C@]12CC[C@@H]3C(CC[C@@]4(C)C3CC[C@@H]4[C@](C)(O)Cn3cc(C#N)cn3)[C@H]1CC[C@H](CCC)C2. The Morgan fingerprint density at radius 1 is 1.21 bits per heavy atom. The second-order valence-electron chi connectivity index (χ2n) is 13.0. The number of hydrogen-bond donors (Lipinski definition) is 1. The molecule has 1 heterocycles. The fourth-order valence-electron chi connectivity index (χ4n) is 10.0. The minimum absolute atomic E-state index is 0.198. The summed E-state index contributed by atoms with van der Waals surface area (Å²) in [6.07, 6.45) is 20.3. The molecule has 4 heteroatoms. The summed E-state index contributed by atoms with van der Waals surface area (Å²) in [6, 6.07) is 2.15. The Hall–Kier alpha value is -1.60. The number of fused-ring (bicyclic) bond motifs is 5. The average Bonchev–Trinajstić information content (AvgIpc) is 3.42. The summed E-state index contributed by atoms with van der Waals surface area (Å²) in [4.78, 5) is 0. The van der Waals surface area contributed by atoms with Gasteiger partial charge in [0.1, 0.15) is 6.07 Å². The Bertz CT molecular complexity index is 943. The topological polar surface area (TPSA) is 61.8 Å². The van der Waals surface area contributed by atoms with Crippen molar-refractivity contribution < 1.29 is 5.11 Å². The van der Waals surface area contributed by atoms with Gasteiger partial charge in [0.05, 0.1) is 23.9 Å². The van der Waals surface area contributed by atoms with E-state index in [1.165, 1.54) is 64.2 Å². The molecule has 0 aliphatic heterocycles. The Labute approximate surface area is 206 Å². The quantitative estimate of drug-likeness (QED) is 0.475. The fraction of sp³-hybridized carbons (Fsp3) is 0.800. The van der Waals surface area contributed by atoms with Gasteiger partial charge in [0.25, 0.3) is 0 Å². The van der Waals surface area contributed by atoms with E-state index in [2.05, 4.69) is 37.7 Å². The highest BCUT2D eigenvalue weighted by molar-refractivity contribution is 5.22. The highest BCUT2D eigenvalue weighted by Gasteiger charge is 2.61.